The lowest BCUT2D eigenvalue weighted by Gasteiger charge is -2.28. The van der Waals surface area contributed by atoms with Crippen molar-refractivity contribution in [2.24, 2.45) is 4.99 Å². The smallest absolute Gasteiger partial charge is 0.191 e. The predicted molar refractivity (Wildman–Crippen MR) is 123 cm³/mol. The first-order valence-electron chi connectivity index (χ1n) is 10.8. The Kier molecular flexibility index (Phi) is 9.00. The molecule has 1 saturated heterocycles. The Labute approximate surface area is 180 Å². The molecule has 0 radical (unpaired) electrons. The van der Waals surface area contributed by atoms with Gasteiger partial charge in [0, 0.05) is 45.5 Å². The fraction of sp³-hybridized carbons (Fsp3) is 0.458. The van der Waals surface area contributed by atoms with Gasteiger partial charge in [-0.1, -0.05) is 42.5 Å². The molecule has 1 unspecified atom stereocenters. The number of morpholine rings is 1. The van der Waals surface area contributed by atoms with Gasteiger partial charge in [-0.3, -0.25) is 4.99 Å². The van der Waals surface area contributed by atoms with Crippen LogP contribution in [0.5, 0.6) is 0 Å². The second-order valence-corrected chi connectivity index (χ2v) is 7.40. The van der Waals surface area contributed by atoms with Crippen LogP contribution in [-0.2, 0) is 16.0 Å². The number of anilines is 1. The van der Waals surface area contributed by atoms with E-state index in [1.807, 2.05) is 18.2 Å². The summed E-state index contributed by atoms with van der Waals surface area (Å²) in [5.41, 5.74) is 3.70. The van der Waals surface area contributed by atoms with Gasteiger partial charge in [-0.25, -0.2) is 0 Å². The molecular weight excluding hydrogens is 376 g/mol. The van der Waals surface area contributed by atoms with Crippen molar-refractivity contribution in [2.45, 2.75) is 26.0 Å². The molecule has 1 aliphatic heterocycles. The van der Waals surface area contributed by atoms with E-state index in [2.05, 4.69) is 63.8 Å². The monoisotopic (exact) mass is 410 g/mol. The minimum absolute atomic E-state index is 0.115. The SMILES string of the molecule is CN=C(NCCCOC(C)c1ccccc1)NCc1ccc(N2CCOCC2)cc1. The summed E-state index contributed by atoms with van der Waals surface area (Å²) < 4.78 is 11.3. The van der Waals surface area contributed by atoms with E-state index in [0.717, 1.165) is 51.8 Å². The number of ether oxygens (including phenoxy) is 2. The van der Waals surface area contributed by atoms with Crippen LogP contribution in [0.25, 0.3) is 0 Å². The van der Waals surface area contributed by atoms with Gasteiger partial charge in [-0.05, 0) is 36.6 Å². The Balaban J connectivity index is 1.32. The third-order valence-electron chi connectivity index (χ3n) is 5.25. The average molecular weight is 411 g/mol. The first kappa shape index (κ1) is 22.1. The highest BCUT2D eigenvalue weighted by atomic mass is 16.5. The van der Waals surface area contributed by atoms with Crippen LogP contribution in [0.1, 0.15) is 30.6 Å². The van der Waals surface area contributed by atoms with Crippen molar-refractivity contribution in [2.75, 3.05) is 51.4 Å². The van der Waals surface area contributed by atoms with Gasteiger partial charge in [0.25, 0.3) is 0 Å². The predicted octanol–water partition coefficient (Wildman–Crippen LogP) is 3.36. The van der Waals surface area contributed by atoms with Gasteiger partial charge in [0.2, 0.25) is 0 Å². The standard InChI is InChI=1S/C24H34N4O2/c1-20(22-7-4-3-5-8-22)30-16-6-13-26-24(25-2)27-19-21-9-11-23(12-10-21)28-14-17-29-18-15-28/h3-5,7-12,20H,6,13-19H2,1-2H3,(H2,25,26,27). The Morgan fingerprint density at radius 2 is 1.80 bits per heavy atom. The summed E-state index contributed by atoms with van der Waals surface area (Å²) in [6.07, 6.45) is 1.04. The summed E-state index contributed by atoms with van der Waals surface area (Å²) in [7, 11) is 1.80. The molecule has 6 nitrogen and oxygen atoms in total. The summed E-state index contributed by atoms with van der Waals surface area (Å²) >= 11 is 0. The van der Waals surface area contributed by atoms with E-state index in [1.165, 1.54) is 16.8 Å². The van der Waals surface area contributed by atoms with Crippen LogP contribution in [-0.4, -0.2) is 52.5 Å². The van der Waals surface area contributed by atoms with Crippen LogP contribution in [0, 0.1) is 0 Å². The molecule has 0 aromatic heterocycles. The maximum atomic E-state index is 5.92. The summed E-state index contributed by atoms with van der Waals surface area (Å²) in [5, 5.41) is 6.73. The zero-order valence-corrected chi connectivity index (χ0v) is 18.1. The first-order chi connectivity index (χ1) is 14.8. The number of benzene rings is 2. The fourth-order valence-electron chi connectivity index (χ4n) is 3.41. The maximum Gasteiger partial charge on any atom is 0.191 e. The van der Waals surface area contributed by atoms with Crippen LogP contribution in [0.2, 0.25) is 0 Å². The largest absolute Gasteiger partial charge is 0.378 e. The molecule has 0 spiro atoms. The summed E-state index contributed by atoms with van der Waals surface area (Å²) in [4.78, 5) is 6.67. The highest BCUT2D eigenvalue weighted by Crippen LogP contribution is 2.17. The number of guanidine groups is 1. The molecule has 0 saturated carbocycles. The minimum atomic E-state index is 0.115. The lowest BCUT2D eigenvalue weighted by molar-refractivity contribution is 0.0646. The number of rotatable bonds is 9. The molecule has 0 aliphatic carbocycles. The maximum absolute atomic E-state index is 5.92. The van der Waals surface area contributed by atoms with Crippen molar-refractivity contribution >= 4 is 11.6 Å². The zero-order valence-electron chi connectivity index (χ0n) is 18.1. The average Bonchev–Trinajstić information content (AvgIpc) is 2.82. The van der Waals surface area contributed by atoms with Gasteiger partial charge >= 0.3 is 0 Å². The van der Waals surface area contributed by atoms with E-state index in [4.69, 9.17) is 9.47 Å². The van der Waals surface area contributed by atoms with Gasteiger partial charge < -0.3 is 25.0 Å². The number of nitrogens with zero attached hydrogens (tertiary/aromatic N) is 2. The molecule has 1 aliphatic rings. The van der Waals surface area contributed by atoms with Crippen molar-refractivity contribution in [1.29, 1.82) is 0 Å². The number of hydrogen-bond donors (Lipinski definition) is 2. The molecular formula is C24H34N4O2. The Morgan fingerprint density at radius 1 is 1.07 bits per heavy atom. The topological polar surface area (TPSA) is 58.1 Å². The van der Waals surface area contributed by atoms with Gasteiger partial charge in [0.15, 0.2) is 5.96 Å². The normalized spacial score (nSPS) is 15.7. The number of hydrogen-bond acceptors (Lipinski definition) is 4. The van der Waals surface area contributed by atoms with E-state index >= 15 is 0 Å². The van der Waals surface area contributed by atoms with Crippen LogP contribution in [0.3, 0.4) is 0 Å². The Hall–Kier alpha value is -2.57. The number of nitrogens with one attached hydrogen (secondary N) is 2. The minimum Gasteiger partial charge on any atom is -0.378 e. The van der Waals surface area contributed by atoms with Crippen molar-refractivity contribution in [1.82, 2.24) is 10.6 Å². The van der Waals surface area contributed by atoms with Crippen LogP contribution in [0.15, 0.2) is 59.6 Å². The van der Waals surface area contributed by atoms with Crippen LogP contribution >= 0.6 is 0 Å². The molecule has 3 rings (SSSR count). The van der Waals surface area contributed by atoms with Gasteiger partial charge in [-0.15, -0.1) is 0 Å². The lowest BCUT2D eigenvalue weighted by Crippen LogP contribution is -2.37. The third-order valence-corrected chi connectivity index (χ3v) is 5.25. The molecule has 0 amide bonds. The third kappa shape index (κ3) is 7.04. The van der Waals surface area contributed by atoms with E-state index in [9.17, 15) is 0 Å². The van der Waals surface area contributed by atoms with Gasteiger partial charge in [0.1, 0.15) is 0 Å². The van der Waals surface area contributed by atoms with Gasteiger partial charge in [-0.2, -0.15) is 0 Å². The molecule has 162 valence electrons. The molecule has 30 heavy (non-hydrogen) atoms. The van der Waals surface area contributed by atoms with Crippen molar-refractivity contribution in [3.05, 3.63) is 65.7 Å². The Morgan fingerprint density at radius 3 is 2.50 bits per heavy atom. The molecule has 2 N–H and O–H groups in total. The zero-order chi connectivity index (χ0) is 21.0. The Bertz CT molecular complexity index is 759. The molecule has 6 heteroatoms. The fourth-order valence-corrected chi connectivity index (χ4v) is 3.41. The quantitative estimate of drug-likeness (QED) is 0.377. The van der Waals surface area contributed by atoms with E-state index in [0.29, 0.717) is 6.61 Å². The molecule has 1 heterocycles. The molecule has 0 bridgehead atoms. The van der Waals surface area contributed by atoms with E-state index < -0.39 is 0 Å². The summed E-state index contributed by atoms with van der Waals surface area (Å²) in [5.74, 6) is 0.809. The van der Waals surface area contributed by atoms with Crippen molar-refractivity contribution in [3.63, 3.8) is 0 Å². The summed E-state index contributed by atoms with van der Waals surface area (Å²) in [6, 6.07) is 19.0. The van der Waals surface area contributed by atoms with Crippen LogP contribution in [0.4, 0.5) is 5.69 Å². The second kappa shape index (κ2) is 12.2. The summed E-state index contributed by atoms with van der Waals surface area (Å²) in [6.45, 7) is 7.89. The van der Waals surface area contributed by atoms with E-state index in [1.54, 1.807) is 7.05 Å². The molecule has 1 fully saturated rings. The van der Waals surface area contributed by atoms with Crippen LogP contribution < -0.4 is 15.5 Å². The van der Waals surface area contributed by atoms with E-state index in [-0.39, 0.29) is 6.10 Å². The second-order valence-electron chi connectivity index (χ2n) is 7.40. The van der Waals surface area contributed by atoms with Gasteiger partial charge in [0.05, 0.1) is 19.3 Å². The lowest BCUT2D eigenvalue weighted by atomic mass is 10.1. The highest BCUT2D eigenvalue weighted by Gasteiger charge is 2.10. The highest BCUT2D eigenvalue weighted by molar-refractivity contribution is 5.79. The number of aliphatic imine (C=N–C) groups is 1. The first-order valence-corrected chi connectivity index (χ1v) is 10.8. The van der Waals surface area contributed by atoms with Crippen molar-refractivity contribution < 1.29 is 9.47 Å². The molecule has 2 aromatic carbocycles. The van der Waals surface area contributed by atoms with Crippen molar-refractivity contribution in [3.8, 4) is 0 Å². The molecule has 2 aromatic rings. The molecule has 1 atom stereocenters.